The standard InChI is InChI=1S/C31H44N2O5/c1-4-6-8-9-10-11-12-13-14-15-30(34)33-32-24-25-16-21-28(29(23-25)36-3)38-31(35)26-17-19-27(20-18-26)37-22-7-5-2/h16-21,23-24H,4-15,22H2,1-3H3,(H,33,34)/b32-24+. The van der Waals surface area contributed by atoms with E-state index >= 15 is 0 Å². The third kappa shape index (κ3) is 12.3. The highest BCUT2D eigenvalue weighted by molar-refractivity contribution is 5.91. The maximum absolute atomic E-state index is 12.6. The second kappa shape index (κ2) is 18.8. The van der Waals surface area contributed by atoms with Gasteiger partial charge in [0.2, 0.25) is 5.91 Å². The molecule has 0 atom stereocenters. The largest absolute Gasteiger partial charge is 0.494 e. The Kier molecular flexibility index (Phi) is 15.3. The molecule has 0 radical (unpaired) electrons. The minimum absolute atomic E-state index is 0.0940. The van der Waals surface area contributed by atoms with E-state index in [1.807, 2.05) is 0 Å². The van der Waals surface area contributed by atoms with E-state index < -0.39 is 5.97 Å². The summed E-state index contributed by atoms with van der Waals surface area (Å²) in [5.41, 5.74) is 3.70. The molecule has 0 aliphatic rings. The van der Waals surface area contributed by atoms with Crippen molar-refractivity contribution in [3.63, 3.8) is 0 Å². The van der Waals surface area contributed by atoms with Gasteiger partial charge >= 0.3 is 5.97 Å². The van der Waals surface area contributed by atoms with Gasteiger partial charge in [0, 0.05) is 6.42 Å². The Morgan fingerprint density at radius 1 is 0.816 bits per heavy atom. The van der Waals surface area contributed by atoms with Gasteiger partial charge in [-0.25, -0.2) is 10.2 Å². The minimum Gasteiger partial charge on any atom is -0.494 e. The zero-order valence-electron chi connectivity index (χ0n) is 23.3. The Hall–Kier alpha value is -3.35. The van der Waals surface area contributed by atoms with Crippen LogP contribution in [-0.2, 0) is 4.79 Å². The van der Waals surface area contributed by atoms with Crippen LogP contribution in [0, 0.1) is 0 Å². The lowest BCUT2D eigenvalue weighted by Crippen LogP contribution is -2.16. The molecule has 0 heterocycles. The van der Waals surface area contributed by atoms with Gasteiger partial charge in [-0.2, -0.15) is 5.10 Å². The Bertz CT molecular complexity index is 988. The normalized spacial score (nSPS) is 10.9. The topological polar surface area (TPSA) is 86.2 Å². The minimum atomic E-state index is -0.492. The molecular formula is C31H44N2O5. The summed E-state index contributed by atoms with van der Waals surface area (Å²) in [6, 6.07) is 11.9. The number of unbranched alkanes of at least 4 members (excludes halogenated alkanes) is 9. The summed E-state index contributed by atoms with van der Waals surface area (Å²) < 4.78 is 16.6. The SMILES string of the molecule is CCCCCCCCCCCC(=O)N/N=C/c1ccc(OC(=O)c2ccc(OCCCC)cc2)c(OC)c1. The molecule has 0 unspecified atom stereocenters. The van der Waals surface area contributed by atoms with Crippen LogP contribution in [0.4, 0.5) is 0 Å². The van der Waals surface area contributed by atoms with Gasteiger partial charge in [-0.1, -0.05) is 71.6 Å². The molecule has 0 aliphatic carbocycles. The second-order valence-corrected chi connectivity index (χ2v) is 9.40. The fraction of sp³-hybridized carbons (Fsp3) is 0.516. The predicted octanol–water partition coefficient (Wildman–Crippen LogP) is 7.46. The molecule has 2 aromatic carbocycles. The van der Waals surface area contributed by atoms with Crippen LogP contribution in [0.2, 0.25) is 0 Å². The van der Waals surface area contributed by atoms with Crippen LogP contribution in [-0.4, -0.2) is 31.8 Å². The summed E-state index contributed by atoms with van der Waals surface area (Å²) in [6.07, 6.45) is 15.0. The molecular weight excluding hydrogens is 480 g/mol. The predicted molar refractivity (Wildman–Crippen MR) is 152 cm³/mol. The highest BCUT2D eigenvalue weighted by atomic mass is 16.6. The van der Waals surface area contributed by atoms with Gasteiger partial charge < -0.3 is 14.2 Å². The molecule has 0 spiro atoms. The van der Waals surface area contributed by atoms with Gasteiger partial charge in [-0.05, 0) is 60.9 Å². The van der Waals surface area contributed by atoms with Gasteiger partial charge in [-0.15, -0.1) is 0 Å². The summed E-state index contributed by atoms with van der Waals surface area (Å²) in [4.78, 5) is 24.6. The number of hydrogen-bond acceptors (Lipinski definition) is 6. The van der Waals surface area contributed by atoms with E-state index in [0.717, 1.165) is 31.4 Å². The lowest BCUT2D eigenvalue weighted by Gasteiger charge is -2.10. The van der Waals surface area contributed by atoms with E-state index in [2.05, 4.69) is 24.4 Å². The number of hydrazone groups is 1. The van der Waals surface area contributed by atoms with Crippen LogP contribution in [0.5, 0.6) is 17.2 Å². The van der Waals surface area contributed by atoms with E-state index in [9.17, 15) is 9.59 Å². The molecule has 38 heavy (non-hydrogen) atoms. The monoisotopic (exact) mass is 524 g/mol. The Morgan fingerprint density at radius 3 is 2.13 bits per heavy atom. The Labute approximate surface area is 228 Å². The molecule has 1 N–H and O–H groups in total. The van der Waals surface area contributed by atoms with Crippen molar-refractivity contribution in [3.05, 3.63) is 53.6 Å². The van der Waals surface area contributed by atoms with Gasteiger partial charge in [-0.3, -0.25) is 4.79 Å². The van der Waals surface area contributed by atoms with E-state index in [0.29, 0.717) is 35.7 Å². The molecule has 7 heteroatoms. The van der Waals surface area contributed by atoms with E-state index in [1.165, 1.54) is 52.1 Å². The summed E-state index contributed by atoms with van der Waals surface area (Å²) in [6.45, 7) is 4.98. The number of methoxy groups -OCH3 is 1. The highest BCUT2D eigenvalue weighted by Gasteiger charge is 2.13. The average molecular weight is 525 g/mol. The van der Waals surface area contributed by atoms with E-state index in [1.54, 1.807) is 48.7 Å². The maximum atomic E-state index is 12.6. The number of amides is 1. The first-order chi connectivity index (χ1) is 18.6. The van der Waals surface area contributed by atoms with Crippen molar-refractivity contribution in [2.24, 2.45) is 5.10 Å². The summed E-state index contributed by atoms with van der Waals surface area (Å²) in [5, 5.41) is 4.05. The number of rotatable bonds is 19. The van der Waals surface area contributed by atoms with Crippen molar-refractivity contribution in [2.75, 3.05) is 13.7 Å². The van der Waals surface area contributed by atoms with Gasteiger partial charge in [0.15, 0.2) is 11.5 Å². The quantitative estimate of drug-likeness (QED) is 0.0677. The molecule has 0 aromatic heterocycles. The number of nitrogens with zero attached hydrogens (tertiary/aromatic N) is 1. The molecule has 208 valence electrons. The molecule has 7 nitrogen and oxygen atoms in total. The van der Waals surface area contributed by atoms with Gasteiger partial charge in [0.1, 0.15) is 5.75 Å². The fourth-order valence-electron chi connectivity index (χ4n) is 3.86. The Morgan fingerprint density at radius 2 is 1.47 bits per heavy atom. The van der Waals surface area contributed by atoms with Gasteiger partial charge in [0.05, 0.1) is 25.5 Å². The number of hydrogen-bond donors (Lipinski definition) is 1. The Balaban J connectivity index is 1.75. The van der Waals surface area contributed by atoms with Crippen LogP contribution in [0.15, 0.2) is 47.6 Å². The number of nitrogens with one attached hydrogen (secondary N) is 1. The lowest BCUT2D eigenvalue weighted by atomic mass is 10.1. The van der Waals surface area contributed by atoms with Crippen molar-refractivity contribution in [1.82, 2.24) is 5.43 Å². The van der Waals surface area contributed by atoms with Crippen LogP contribution in [0.3, 0.4) is 0 Å². The molecule has 0 saturated carbocycles. The van der Waals surface area contributed by atoms with Crippen molar-refractivity contribution < 1.29 is 23.8 Å². The molecule has 0 bridgehead atoms. The third-order valence-electron chi connectivity index (χ3n) is 6.16. The molecule has 1 amide bonds. The van der Waals surface area contributed by atoms with Crippen LogP contribution in [0.1, 0.15) is 107 Å². The van der Waals surface area contributed by atoms with Crippen LogP contribution < -0.4 is 19.6 Å². The van der Waals surface area contributed by atoms with E-state index in [4.69, 9.17) is 14.2 Å². The summed E-state index contributed by atoms with van der Waals surface area (Å²) in [7, 11) is 1.50. The fourth-order valence-corrected chi connectivity index (χ4v) is 3.86. The molecule has 2 aromatic rings. The van der Waals surface area contributed by atoms with Crippen LogP contribution >= 0.6 is 0 Å². The van der Waals surface area contributed by atoms with Crippen LogP contribution in [0.25, 0.3) is 0 Å². The summed E-state index contributed by atoms with van der Waals surface area (Å²) in [5.74, 6) is 0.823. The lowest BCUT2D eigenvalue weighted by molar-refractivity contribution is -0.121. The number of carbonyl (C=O) groups excluding carboxylic acids is 2. The van der Waals surface area contributed by atoms with Crippen molar-refractivity contribution in [2.45, 2.75) is 90.9 Å². The average Bonchev–Trinajstić information content (AvgIpc) is 2.93. The van der Waals surface area contributed by atoms with Crippen molar-refractivity contribution in [1.29, 1.82) is 0 Å². The third-order valence-corrected chi connectivity index (χ3v) is 6.16. The number of benzene rings is 2. The smallest absolute Gasteiger partial charge is 0.343 e. The first-order valence-electron chi connectivity index (χ1n) is 14.0. The first-order valence-corrected chi connectivity index (χ1v) is 14.0. The molecule has 0 saturated heterocycles. The zero-order chi connectivity index (χ0) is 27.4. The maximum Gasteiger partial charge on any atom is 0.343 e. The van der Waals surface area contributed by atoms with Gasteiger partial charge in [0.25, 0.3) is 0 Å². The number of ether oxygens (including phenoxy) is 3. The number of esters is 1. The van der Waals surface area contributed by atoms with Crippen molar-refractivity contribution >= 4 is 18.1 Å². The first kappa shape index (κ1) is 30.9. The molecule has 0 aliphatic heterocycles. The molecule has 2 rings (SSSR count). The highest BCUT2D eigenvalue weighted by Crippen LogP contribution is 2.28. The second-order valence-electron chi connectivity index (χ2n) is 9.40. The molecule has 0 fully saturated rings. The van der Waals surface area contributed by atoms with E-state index in [-0.39, 0.29) is 5.91 Å². The number of carbonyl (C=O) groups is 2. The summed E-state index contributed by atoms with van der Waals surface area (Å²) >= 11 is 0. The zero-order valence-corrected chi connectivity index (χ0v) is 23.3. The van der Waals surface area contributed by atoms with Crippen molar-refractivity contribution in [3.8, 4) is 17.2 Å².